The summed E-state index contributed by atoms with van der Waals surface area (Å²) < 4.78 is 0. The van der Waals surface area contributed by atoms with Gasteiger partial charge in [0, 0.05) is 18.7 Å². The minimum absolute atomic E-state index is 0.00885. The average molecular weight is 249 g/mol. The monoisotopic (exact) mass is 249 g/mol. The quantitative estimate of drug-likeness (QED) is 0.507. The SMILES string of the molecule is CC1CCCCN1Cc1ccc([N+](=O)[O-])c(N)c1. The smallest absolute Gasteiger partial charge is 0.292 e. The van der Waals surface area contributed by atoms with Crippen LogP contribution in [0.1, 0.15) is 31.7 Å². The van der Waals surface area contributed by atoms with E-state index in [-0.39, 0.29) is 11.4 Å². The lowest BCUT2D eigenvalue weighted by molar-refractivity contribution is -0.383. The molecule has 5 heteroatoms. The number of nitrogens with zero attached hydrogens (tertiary/aromatic N) is 2. The van der Waals surface area contributed by atoms with Crippen molar-refractivity contribution in [1.29, 1.82) is 0 Å². The van der Waals surface area contributed by atoms with Crippen molar-refractivity contribution in [2.24, 2.45) is 0 Å². The van der Waals surface area contributed by atoms with Crippen LogP contribution in [0.3, 0.4) is 0 Å². The molecule has 1 aromatic rings. The number of hydrogen-bond donors (Lipinski definition) is 1. The predicted molar refractivity (Wildman–Crippen MR) is 71.2 cm³/mol. The Balaban J connectivity index is 2.10. The predicted octanol–water partition coefficient (Wildman–Crippen LogP) is 2.55. The van der Waals surface area contributed by atoms with Gasteiger partial charge in [-0.3, -0.25) is 15.0 Å². The highest BCUT2D eigenvalue weighted by atomic mass is 16.6. The largest absolute Gasteiger partial charge is 0.393 e. The van der Waals surface area contributed by atoms with Gasteiger partial charge in [0.05, 0.1) is 4.92 Å². The molecule has 0 saturated carbocycles. The van der Waals surface area contributed by atoms with Crippen molar-refractivity contribution in [3.05, 3.63) is 33.9 Å². The molecule has 1 saturated heterocycles. The Morgan fingerprint density at radius 3 is 2.89 bits per heavy atom. The van der Waals surface area contributed by atoms with Crippen molar-refractivity contribution in [3.63, 3.8) is 0 Å². The second-order valence-electron chi connectivity index (χ2n) is 4.97. The van der Waals surface area contributed by atoms with Crippen molar-refractivity contribution in [2.75, 3.05) is 12.3 Å². The summed E-state index contributed by atoms with van der Waals surface area (Å²) >= 11 is 0. The first-order chi connectivity index (χ1) is 8.58. The maximum atomic E-state index is 10.7. The molecule has 0 aliphatic carbocycles. The minimum atomic E-state index is -0.442. The highest BCUT2D eigenvalue weighted by Crippen LogP contribution is 2.24. The Kier molecular flexibility index (Phi) is 3.81. The van der Waals surface area contributed by atoms with Crippen LogP contribution in [0.2, 0.25) is 0 Å². The molecular weight excluding hydrogens is 230 g/mol. The van der Waals surface area contributed by atoms with E-state index in [1.54, 1.807) is 12.1 Å². The molecule has 1 unspecified atom stereocenters. The minimum Gasteiger partial charge on any atom is -0.393 e. The molecule has 2 N–H and O–H groups in total. The number of benzene rings is 1. The van der Waals surface area contributed by atoms with E-state index in [0.717, 1.165) is 18.7 Å². The number of rotatable bonds is 3. The summed E-state index contributed by atoms with van der Waals surface area (Å²) in [5.41, 5.74) is 6.99. The molecule has 1 aromatic carbocycles. The van der Waals surface area contributed by atoms with Gasteiger partial charge >= 0.3 is 0 Å². The first-order valence-electron chi connectivity index (χ1n) is 6.35. The Hall–Kier alpha value is -1.62. The lowest BCUT2D eigenvalue weighted by Crippen LogP contribution is -2.36. The third-order valence-electron chi connectivity index (χ3n) is 3.61. The third-order valence-corrected chi connectivity index (χ3v) is 3.61. The van der Waals surface area contributed by atoms with E-state index < -0.39 is 4.92 Å². The van der Waals surface area contributed by atoms with Crippen LogP contribution in [0.5, 0.6) is 0 Å². The maximum Gasteiger partial charge on any atom is 0.292 e. The van der Waals surface area contributed by atoms with Gasteiger partial charge < -0.3 is 5.73 Å². The molecule has 0 aromatic heterocycles. The molecule has 1 aliphatic heterocycles. The molecule has 1 heterocycles. The van der Waals surface area contributed by atoms with Gasteiger partial charge in [0.1, 0.15) is 5.69 Å². The summed E-state index contributed by atoms with van der Waals surface area (Å²) in [7, 11) is 0. The van der Waals surface area contributed by atoms with E-state index >= 15 is 0 Å². The van der Waals surface area contributed by atoms with Gasteiger partial charge in [-0.25, -0.2) is 0 Å². The third kappa shape index (κ3) is 2.79. The number of likely N-dealkylation sites (tertiary alicyclic amines) is 1. The highest BCUT2D eigenvalue weighted by Gasteiger charge is 2.19. The summed E-state index contributed by atoms with van der Waals surface area (Å²) in [4.78, 5) is 12.7. The van der Waals surface area contributed by atoms with Crippen LogP contribution in [0.15, 0.2) is 18.2 Å². The van der Waals surface area contributed by atoms with Crippen LogP contribution < -0.4 is 5.73 Å². The molecule has 18 heavy (non-hydrogen) atoms. The molecule has 1 fully saturated rings. The first-order valence-corrected chi connectivity index (χ1v) is 6.35. The zero-order valence-electron chi connectivity index (χ0n) is 10.6. The van der Waals surface area contributed by atoms with Crippen molar-refractivity contribution >= 4 is 11.4 Å². The van der Waals surface area contributed by atoms with E-state index in [9.17, 15) is 10.1 Å². The number of piperidine rings is 1. The average Bonchev–Trinajstić information content (AvgIpc) is 2.32. The standard InChI is InChI=1S/C13H19N3O2/c1-10-4-2-3-7-15(10)9-11-5-6-13(16(17)18)12(14)8-11/h5-6,8,10H,2-4,7,9,14H2,1H3. The van der Waals surface area contributed by atoms with Gasteiger partial charge in [0.25, 0.3) is 5.69 Å². The molecule has 1 atom stereocenters. The summed E-state index contributed by atoms with van der Waals surface area (Å²) in [6, 6.07) is 5.60. The fourth-order valence-electron chi connectivity index (χ4n) is 2.50. The fraction of sp³-hybridized carbons (Fsp3) is 0.538. The van der Waals surface area contributed by atoms with Crippen LogP contribution in [0.4, 0.5) is 11.4 Å². The molecule has 5 nitrogen and oxygen atoms in total. The highest BCUT2D eigenvalue weighted by molar-refractivity contribution is 5.59. The van der Waals surface area contributed by atoms with Crippen molar-refractivity contribution in [2.45, 2.75) is 38.8 Å². The Morgan fingerprint density at radius 1 is 1.50 bits per heavy atom. The molecular formula is C13H19N3O2. The Bertz CT molecular complexity index is 448. The van der Waals surface area contributed by atoms with Crippen LogP contribution in [0, 0.1) is 10.1 Å². The molecule has 1 aliphatic rings. The van der Waals surface area contributed by atoms with Crippen molar-refractivity contribution in [1.82, 2.24) is 4.90 Å². The fourth-order valence-corrected chi connectivity index (χ4v) is 2.50. The number of nitrogens with two attached hydrogens (primary N) is 1. The number of nitrogen functional groups attached to an aromatic ring is 1. The number of anilines is 1. The topological polar surface area (TPSA) is 72.4 Å². The number of nitro groups is 1. The lowest BCUT2D eigenvalue weighted by Gasteiger charge is -2.33. The van der Waals surface area contributed by atoms with Crippen molar-refractivity contribution < 1.29 is 4.92 Å². The zero-order valence-corrected chi connectivity index (χ0v) is 10.6. The first kappa shape index (κ1) is 12.8. The Morgan fingerprint density at radius 2 is 2.28 bits per heavy atom. The molecule has 0 bridgehead atoms. The van der Waals surface area contributed by atoms with Gasteiger partial charge in [0.15, 0.2) is 0 Å². The van der Waals surface area contributed by atoms with Crippen molar-refractivity contribution in [3.8, 4) is 0 Å². The summed E-state index contributed by atoms with van der Waals surface area (Å²) in [6.45, 7) is 4.15. The molecule has 2 rings (SSSR count). The van der Waals surface area contributed by atoms with E-state index in [1.165, 1.54) is 25.3 Å². The maximum absolute atomic E-state index is 10.7. The lowest BCUT2D eigenvalue weighted by atomic mass is 10.0. The van der Waals surface area contributed by atoms with E-state index in [4.69, 9.17) is 5.73 Å². The molecule has 0 radical (unpaired) electrons. The summed E-state index contributed by atoms with van der Waals surface area (Å²) in [6.07, 6.45) is 3.75. The second kappa shape index (κ2) is 5.35. The molecule has 0 amide bonds. The normalized spacial score (nSPS) is 20.8. The van der Waals surface area contributed by atoms with Crippen LogP contribution in [-0.4, -0.2) is 22.4 Å². The van der Waals surface area contributed by atoms with E-state index in [1.807, 2.05) is 0 Å². The zero-order chi connectivity index (χ0) is 13.1. The van der Waals surface area contributed by atoms with Gasteiger partial charge in [0.2, 0.25) is 0 Å². The number of nitro benzene ring substituents is 1. The Labute approximate surface area is 107 Å². The summed E-state index contributed by atoms with van der Waals surface area (Å²) in [5, 5.41) is 10.7. The van der Waals surface area contributed by atoms with E-state index in [0.29, 0.717) is 6.04 Å². The van der Waals surface area contributed by atoms with Gasteiger partial charge in [-0.15, -0.1) is 0 Å². The van der Waals surface area contributed by atoms with E-state index in [2.05, 4.69) is 11.8 Å². The molecule has 98 valence electrons. The second-order valence-corrected chi connectivity index (χ2v) is 4.97. The summed E-state index contributed by atoms with van der Waals surface area (Å²) in [5.74, 6) is 0. The van der Waals surface area contributed by atoms with Gasteiger partial charge in [-0.05, 0) is 37.9 Å². The van der Waals surface area contributed by atoms with Crippen LogP contribution in [0.25, 0.3) is 0 Å². The van der Waals surface area contributed by atoms with Crippen LogP contribution in [-0.2, 0) is 6.54 Å². The number of hydrogen-bond acceptors (Lipinski definition) is 4. The van der Waals surface area contributed by atoms with Gasteiger partial charge in [-0.1, -0.05) is 12.5 Å². The molecule has 0 spiro atoms. The van der Waals surface area contributed by atoms with Crippen LogP contribution >= 0.6 is 0 Å². The van der Waals surface area contributed by atoms with Gasteiger partial charge in [-0.2, -0.15) is 0 Å².